The lowest BCUT2D eigenvalue weighted by molar-refractivity contribution is -0.136. The van der Waals surface area contributed by atoms with Crippen molar-refractivity contribution in [3.05, 3.63) is 21.9 Å². The molecule has 0 unspecified atom stereocenters. The van der Waals surface area contributed by atoms with Crippen LogP contribution in [-0.4, -0.2) is 37.1 Å². The normalized spacial score (nSPS) is 11.1. The number of aliphatic carboxylic acids is 1. The zero-order valence-electron chi connectivity index (χ0n) is 11.3. The standard InChI is InChI=1S/C13H21NO4S/c1-3-17-13(18-4-2)9-14-8-11-6-5-10(19-11)7-12(15)16/h5-6,13-14H,3-4,7-9H2,1-2H3,(H,15,16). The molecule has 0 saturated carbocycles. The number of carboxylic acids is 1. The van der Waals surface area contributed by atoms with Crippen LogP contribution in [0.3, 0.4) is 0 Å². The molecule has 0 aliphatic rings. The molecule has 0 aliphatic carbocycles. The molecule has 19 heavy (non-hydrogen) atoms. The Hall–Kier alpha value is -0.950. The van der Waals surface area contributed by atoms with Gasteiger partial charge in [-0.3, -0.25) is 4.79 Å². The summed E-state index contributed by atoms with van der Waals surface area (Å²) in [7, 11) is 0. The van der Waals surface area contributed by atoms with Crippen molar-refractivity contribution in [2.75, 3.05) is 19.8 Å². The molecule has 6 heteroatoms. The Morgan fingerprint density at radius 1 is 1.32 bits per heavy atom. The van der Waals surface area contributed by atoms with Gasteiger partial charge in [0.05, 0.1) is 6.42 Å². The topological polar surface area (TPSA) is 67.8 Å². The van der Waals surface area contributed by atoms with Gasteiger partial charge < -0.3 is 19.9 Å². The molecule has 5 nitrogen and oxygen atoms in total. The number of carboxylic acid groups (broad SMARTS) is 1. The van der Waals surface area contributed by atoms with Gasteiger partial charge >= 0.3 is 5.97 Å². The average molecular weight is 287 g/mol. The summed E-state index contributed by atoms with van der Waals surface area (Å²) in [5.41, 5.74) is 0. The van der Waals surface area contributed by atoms with E-state index in [4.69, 9.17) is 14.6 Å². The zero-order chi connectivity index (χ0) is 14.1. The highest BCUT2D eigenvalue weighted by Crippen LogP contribution is 2.16. The quantitative estimate of drug-likeness (QED) is 0.643. The maximum absolute atomic E-state index is 10.6. The van der Waals surface area contributed by atoms with Crippen LogP contribution in [-0.2, 0) is 27.2 Å². The molecular formula is C13H21NO4S. The molecule has 0 atom stereocenters. The second-order valence-corrected chi connectivity index (χ2v) is 5.16. The number of hydrogen-bond donors (Lipinski definition) is 2. The van der Waals surface area contributed by atoms with E-state index in [0.717, 1.165) is 9.75 Å². The highest BCUT2D eigenvalue weighted by molar-refractivity contribution is 7.12. The van der Waals surface area contributed by atoms with E-state index in [-0.39, 0.29) is 12.7 Å². The van der Waals surface area contributed by atoms with Crippen LogP contribution in [0.1, 0.15) is 23.6 Å². The maximum Gasteiger partial charge on any atom is 0.308 e. The third-order valence-electron chi connectivity index (χ3n) is 2.36. The number of thiophene rings is 1. The first-order valence-electron chi connectivity index (χ1n) is 6.39. The summed E-state index contributed by atoms with van der Waals surface area (Å²) in [6, 6.07) is 3.81. The molecule has 0 bridgehead atoms. The SMILES string of the molecule is CCOC(CNCc1ccc(CC(=O)O)s1)OCC. The minimum Gasteiger partial charge on any atom is -0.481 e. The molecule has 0 radical (unpaired) electrons. The van der Waals surface area contributed by atoms with Crippen molar-refractivity contribution in [1.82, 2.24) is 5.32 Å². The summed E-state index contributed by atoms with van der Waals surface area (Å²) in [6.07, 6.45) is -0.140. The summed E-state index contributed by atoms with van der Waals surface area (Å²) in [5, 5.41) is 12.0. The van der Waals surface area contributed by atoms with Gasteiger partial charge in [-0.25, -0.2) is 0 Å². The summed E-state index contributed by atoms with van der Waals surface area (Å²) in [6.45, 7) is 6.42. The largest absolute Gasteiger partial charge is 0.481 e. The van der Waals surface area contributed by atoms with Crippen molar-refractivity contribution in [2.24, 2.45) is 0 Å². The fourth-order valence-corrected chi connectivity index (χ4v) is 2.59. The lowest BCUT2D eigenvalue weighted by Gasteiger charge is -2.17. The fraction of sp³-hybridized carbons (Fsp3) is 0.615. The molecular weight excluding hydrogens is 266 g/mol. The molecule has 0 amide bonds. The summed E-state index contributed by atoms with van der Waals surface area (Å²) >= 11 is 1.51. The van der Waals surface area contributed by atoms with Gasteiger partial charge in [-0.05, 0) is 26.0 Å². The smallest absolute Gasteiger partial charge is 0.308 e. The first kappa shape index (κ1) is 16.1. The molecule has 0 spiro atoms. The van der Waals surface area contributed by atoms with Crippen molar-refractivity contribution in [3.63, 3.8) is 0 Å². The van der Waals surface area contributed by atoms with Crippen LogP contribution in [0.25, 0.3) is 0 Å². The highest BCUT2D eigenvalue weighted by Gasteiger charge is 2.08. The maximum atomic E-state index is 10.6. The van der Waals surface area contributed by atoms with E-state index >= 15 is 0 Å². The molecule has 1 aromatic heterocycles. The van der Waals surface area contributed by atoms with Gasteiger partial charge in [-0.15, -0.1) is 11.3 Å². The summed E-state index contributed by atoms with van der Waals surface area (Å²) in [4.78, 5) is 12.6. The van der Waals surface area contributed by atoms with Crippen LogP contribution in [0, 0.1) is 0 Å². The van der Waals surface area contributed by atoms with Crippen LogP contribution < -0.4 is 5.32 Å². The predicted molar refractivity (Wildman–Crippen MR) is 74.4 cm³/mol. The van der Waals surface area contributed by atoms with Crippen LogP contribution in [0.15, 0.2) is 12.1 Å². The molecule has 0 aliphatic heterocycles. The molecule has 0 aromatic carbocycles. The van der Waals surface area contributed by atoms with Crippen LogP contribution in [0.5, 0.6) is 0 Å². The molecule has 0 fully saturated rings. The lowest BCUT2D eigenvalue weighted by atomic mass is 10.3. The number of rotatable bonds is 10. The van der Waals surface area contributed by atoms with Gasteiger partial charge in [-0.2, -0.15) is 0 Å². The van der Waals surface area contributed by atoms with Gasteiger partial charge in [0.1, 0.15) is 0 Å². The number of nitrogens with one attached hydrogen (secondary N) is 1. The first-order chi connectivity index (χ1) is 9.15. The van der Waals surface area contributed by atoms with Crippen molar-refractivity contribution >= 4 is 17.3 Å². The number of hydrogen-bond acceptors (Lipinski definition) is 5. The minimum atomic E-state index is -0.797. The molecule has 2 N–H and O–H groups in total. The highest BCUT2D eigenvalue weighted by atomic mass is 32.1. The van der Waals surface area contributed by atoms with Gasteiger partial charge in [0, 0.05) is 36.1 Å². The predicted octanol–water partition coefficient (Wildman–Crippen LogP) is 1.86. The van der Waals surface area contributed by atoms with Gasteiger partial charge in [0.25, 0.3) is 0 Å². The van der Waals surface area contributed by atoms with E-state index in [1.54, 1.807) is 0 Å². The number of carbonyl (C=O) groups is 1. The van der Waals surface area contributed by atoms with E-state index in [9.17, 15) is 4.79 Å². The van der Waals surface area contributed by atoms with Crippen molar-refractivity contribution < 1.29 is 19.4 Å². The lowest BCUT2D eigenvalue weighted by Crippen LogP contribution is -2.31. The number of ether oxygens (including phenoxy) is 2. The second kappa shape index (κ2) is 9.03. The van der Waals surface area contributed by atoms with Crippen molar-refractivity contribution in [2.45, 2.75) is 33.1 Å². The van der Waals surface area contributed by atoms with Crippen molar-refractivity contribution in [1.29, 1.82) is 0 Å². The molecule has 0 saturated heterocycles. The van der Waals surface area contributed by atoms with E-state index < -0.39 is 5.97 Å². The minimum absolute atomic E-state index is 0.0885. The van der Waals surface area contributed by atoms with Crippen LogP contribution >= 0.6 is 11.3 Å². The van der Waals surface area contributed by atoms with E-state index in [2.05, 4.69) is 5.32 Å². The van der Waals surface area contributed by atoms with Crippen LogP contribution in [0.2, 0.25) is 0 Å². The average Bonchev–Trinajstić information content (AvgIpc) is 2.76. The Bertz CT molecular complexity index is 374. The van der Waals surface area contributed by atoms with E-state index in [1.165, 1.54) is 11.3 Å². The van der Waals surface area contributed by atoms with Crippen LogP contribution in [0.4, 0.5) is 0 Å². The third-order valence-corrected chi connectivity index (χ3v) is 3.44. The monoisotopic (exact) mass is 287 g/mol. The Morgan fingerprint density at radius 3 is 2.53 bits per heavy atom. The zero-order valence-corrected chi connectivity index (χ0v) is 12.2. The Balaban J connectivity index is 2.31. The van der Waals surface area contributed by atoms with Gasteiger partial charge in [0.2, 0.25) is 0 Å². The van der Waals surface area contributed by atoms with Crippen molar-refractivity contribution in [3.8, 4) is 0 Å². The summed E-state index contributed by atoms with van der Waals surface area (Å²) < 4.78 is 10.8. The summed E-state index contributed by atoms with van der Waals surface area (Å²) in [5.74, 6) is -0.797. The molecule has 1 heterocycles. The Kier molecular flexibility index (Phi) is 7.66. The molecule has 108 valence electrons. The third kappa shape index (κ3) is 6.68. The first-order valence-corrected chi connectivity index (χ1v) is 7.20. The molecule has 1 aromatic rings. The fourth-order valence-electron chi connectivity index (χ4n) is 1.61. The van der Waals surface area contributed by atoms with E-state index in [1.807, 2.05) is 26.0 Å². The van der Waals surface area contributed by atoms with E-state index in [0.29, 0.717) is 26.3 Å². The van der Waals surface area contributed by atoms with Gasteiger partial charge in [0.15, 0.2) is 6.29 Å². The second-order valence-electron chi connectivity index (χ2n) is 3.91. The van der Waals surface area contributed by atoms with Gasteiger partial charge in [-0.1, -0.05) is 0 Å². The Morgan fingerprint density at radius 2 is 1.95 bits per heavy atom. The Labute approximate surface area is 117 Å². The molecule has 1 rings (SSSR count).